The second-order valence-electron chi connectivity index (χ2n) is 4.00. The molecule has 0 saturated carbocycles. The molecule has 1 atom stereocenters. The zero-order chi connectivity index (χ0) is 14.0. The highest BCUT2D eigenvalue weighted by molar-refractivity contribution is 6.30. The van der Waals surface area contributed by atoms with Crippen LogP contribution in [0.25, 0.3) is 0 Å². The molecule has 3 amide bonds. The number of rotatable bonds is 3. The molecule has 2 N–H and O–H groups in total. The Morgan fingerprint density at radius 3 is 2.79 bits per heavy atom. The molecule has 1 aliphatic heterocycles. The number of hydrogen-bond donors (Lipinski definition) is 2. The van der Waals surface area contributed by atoms with Gasteiger partial charge in [0.2, 0.25) is 0 Å². The molecule has 1 unspecified atom stereocenters. The van der Waals surface area contributed by atoms with Crippen LogP contribution < -0.4 is 5.32 Å². The fraction of sp³-hybridized carbons (Fsp3) is 0.364. The minimum atomic E-state index is -1.04. The number of carbonyl (C=O) groups is 3. The minimum absolute atomic E-state index is 0.149. The third-order valence-electron chi connectivity index (χ3n) is 2.62. The maximum absolute atomic E-state index is 11.9. The number of esters is 1. The molecule has 0 radical (unpaired) electrons. The predicted molar refractivity (Wildman–Crippen MR) is 65.8 cm³/mol. The Kier molecular flexibility index (Phi) is 3.75. The topological polar surface area (TPSA) is 91.5 Å². The predicted octanol–water partition coefficient (Wildman–Crippen LogP) is 0.765. The monoisotopic (exact) mass is 285 g/mol. The van der Waals surface area contributed by atoms with Crippen molar-refractivity contribution in [3.8, 4) is 0 Å². The van der Waals surface area contributed by atoms with E-state index in [9.17, 15) is 14.4 Å². The minimum Gasteiger partial charge on any atom is -0.448 e. The third kappa shape index (κ3) is 2.87. The molecular formula is C11H12ClN3O4. The van der Waals surface area contributed by atoms with E-state index in [2.05, 4.69) is 10.3 Å². The Labute approximate surface area is 113 Å². The number of H-pyrrole nitrogens is 1. The lowest BCUT2D eigenvalue weighted by Crippen LogP contribution is -2.41. The Balaban J connectivity index is 1.97. The first-order valence-electron chi connectivity index (χ1n) is 5.63. The molecule has 0 aliphatic carbocycles. The normalized spacial score (nSPS) is 16.1. The van der Waals surface area contributed by atoms with Crippen LogP contribution in [0.3, 0.4) is 0 Å². The van der Waals surface area contributed by atoms with Gasteiger partial charge in [-0.2, -0.15) is 0 Å². The van der Waals surface area contributed by atoms with Gasteiger partial charge in [-0.3, -0.25) is 9.69 Å². The quantitative estimate of drug-likeness (QED) is 0.802. The molecule has 0 spiro atoms. The maximum atomic E-state index is 11.9. The molecule has 1 aromatic rings. The molecular weight excluding hydrogens is 274 g/mol. The smallest absolute Gasteiger partial charge is 0.355 e. The second kappa shape index (κ2) is 5.31. The number of nitrogens with zero attached hydrogens (tertiary/aromatic N) is 1. The molecule has 102 valence electrons. The lowest BCUT2D eigenvalue weighted by Gasteiger charge is -2.17. The third-order valence-corrected chi connectivity index (χ3v) is 2.84. The van der Waals surface area contributed by atoms with E-state index in [0.717, 1.165) is 4.90 Å². The second-order valence-corrected chi connectivity index (χ2v) is 4.44. The van der Waals surface area contributed by atoms with Crippen LogP contribution in [0.2, 0.25) is 5.02 Å². The first-order valence-corrected chi connectivity index (χ1v) is 6.01. The van der Waals surface area contributed by atoms with Gasteiger partial charge in [0.15, 0.2) is 6.10 Å². The lowest BCUT2D eigenvalue weighted by atomic mass is 10.3. The number of aromatic nitrogens is 1. The number of amides is 3. The van der Waals surface area contributed by atoms with Crippen LogP contribution in [0.1, 0.15) is 17.4 Å². The van der Waals surface area contributed by atoms with Crippen molar-refractivity contribution in [3.63, 3.8) is 0 Å². The van der Waals surface area contributed by atoms with Gasteiger partial charge in [-0.15, -0.1) is 0 Å². The summed E-state index contributed by atoms with van der Waals surface area (Å²) in [6, 6.07) is 0.916. The number of aromatic amines is 1. The Hall–Kier alpha value is -2.02. The fourth-order valence-corrected chi connectivity index (χ4v) is 1.83. The van der Waals surface area contributed by atoms with Crippen molar-refractivity contribution in [3.05, 3.63) is 23.0 Å². The van der Waals surface area contributed by atoms with Crippen LogP contribution in [0.5, 0.6) is 0 Å². The average molecular weight is 286 g/mol. The molecule has 1 saturated heterocycles. The van der Waals surface area contributed by atoms with E-state index >= 15 is 0 Å². The van der Waals surface area contributed by atoms with Gasteiger partial charge in [0.1, 0.15) is 5.69 Å². The van der Waals surface area contributed by atoms with E-state index in [1.165, 1.54) is 19.2 Å². The van der Waals surface area contributed by atoms with Gasteiger partial charge >= 0.3 is 12.0 Å². The summed E-state index contributed by atoms with van der Waals surface area (Å²) in [5, 5.41) is 2.86. The number of halogens is 1. The standard InChI is InChI=1S/C11H12ClN3O4/c1-6(9(16)15-3-2-13-11(15)18)19-10(17)8-4-7(12)5-14-8/h4-6,14H,2-3H2,1H3,(H,13,18). The van der Waals surface area contributed by atoms with Crippen LogP contribution in [0.15, 0.2) is 12.3 Å². The molecule has 1 fully saturated rings. The number of urea groups is 1. The number of ether oxygens (including phenoxy) is 1. The number of imide groups is 1. The van der Waals surface area contributed by atoms with Gasteiger partial charge < -0.3 is 15.0 Å². The zero-order valence-corrected chi connectivity index (χ0v) is 10.9. The summed E-state index contributed by atoms with van der Waals surface area (Å²) in [4.78, 5) is 38.5. The van der Waals surface area contributed by atoms with Crippen molar-refractivity contribution < 1.29 is 19.1 Å². The maximum Gasteiger partial charge on any atom is 0.355 e. The Bertz CT molecular complexity index is 528. The molecule has 0 aromatic carbocycles. The van der Waals surface area contributed by atoms with Crippen LogP contribution in [-0.4, -0.2) is 47.0 Å². The summed E-state index contributed by atoms with van der Waals surface area (Å²) in [5.41, 5.74) is 0.149. The van der Waals surface area contributed by atoms with Crippen molar-refractivity contribution in [1.82, 2.24) is 15.2 Å². The first kappa shape index (κ1) is 13.4. The van der Waals surface area contributed by atoms with Crippen molar-refractivity contribution in [2.45, 2.75) is 13.0 Å². The average Bonchev–Trinajstić information content (AvgIpc) is 2.97. The van der Waals surface area contributed by atoms with E-state index in [1.54, 1.807) is 0 Å². The molecule has 2 heterocycles. The van der Waals surface area contributed by atoms with Crippen LogP contribution in [-0.2, 0) is 9.53 Å². The van der Waals surface area contributed by atoms with E-state index in [-0.39, 0.29) is 12.2 Å². The molecule has 2 rings (SSSR count). The van der Waals surface area contributed by atoms with Crippen LogP contribution >= 0.6 is 11.6 Å². The Morgan fingerprint density at radius 2 is 2.26 bits per heavy atom. The number of carbonyl (C=O) groups excluding carboxylic acids is 3. The van der Waals surface area contributed by atoms with Gasteiger partial charge in [-0.05, 0) is 13.0 Å². The summed E-state index contributed by atoms with van der Waals surface area (Å²) >= 11 is 5.66. The summed E-state index contributed by atoms with van der Waals surface area (Å²) in [6.07, 6.45) is 0.386. The first-order chi connectivity index (χ1) is 8.99. The number of hydrogen-bond acceptors (Lipinski definition) is 4. The van der Waals surface area contributed by atoms with E-state index in [4.69, 9.17) is 16.3 Å². The van der Waals surface area contributed by atoms with E-state index in [0.29, 0.717) is 11.6 Å². The Morgan fingerprint density at radius 1 is 1.53 bits per heavy atom. The van der Waals surface area contributed by atoms with Gasteiger partial charge in [-0.25, -0.2) is 9.59 Å². The summed E-state index contributed by atoms with van der Waals surface area (Å²) < 4.78 is 4.97. The van der Waals surface area contributed by atoms with Crippen molar-refractivity contribution in [2.24, 2.45) is 0 Å². The lowest BCUT2D eigenvalue weighted by molar-refractivity contribution is -0.136. The highest BCUT2D eigenvalue weighted by atomic mass is 35.5. The molecule has 19 heavy (non-hydrogen) atoms. The van der Waals surface area contributed by atoms with Gasteiger partial charge in [0.05, 0.1) is 5.02 Å². The van der Waals surface area contributed by atoms with E-state index in [1.807, 2.05) is 0 Å². The fourth-order valence-electron chi connectivity index (χ4n) is 1.66. The SMILES string of the molecule is CC(OC(=O)c1cc(Cl)c[nH]1)C(=O)N1CCNC1=O. The van der Waals surface area contributed by atoms with Crippen molar-refractivity contribution >= 4 is 29.5 Å². The summed E-state index contributed by atoms with van der Waals surface area (Å²) in [7, 11) is 0. The van der Waals surface area contributed by atoms with Crippen LogP contribution in [0, 0.1) is 0 Å². The van der Waals surface area contributed by atoms with Crippen LogP contribution in [0.4, 0.5) is 4.79 Å². The number of nitrogens with one attached hydrogen (secondary N) is 2. The molecule has 1 aromatic heterocycles. The highest BCUT2D eigenvalue weighted by Gasteiger charge is 2.31. The summed E-state index contributed by atoms with van der Waals surface area (Å²) in [5.74, 6) is -1.26. The van der Waals surface area contributed by atoms with Crippen molar-refractivity contribution in [1.29, 1.82) is 0 Å². The highest BCUT2D eigenvalue weighted by Crippen LogP contribution is 2.12. The van der Waals surface area contributed by atoms with Gasteiger partial charge in [0.25, 0.3) is 5.91 Å². The van der Waals surface area contributed by atoms with Gasteiger partial charge in [0, 0.05) is 19.3 Å². The van der Waals surface area contributed by atoms with E-state index < -0.39 is 24.0 Å². The van der Waals surface area contributed by atoms with Gasteiger partial charge in [-0.1, -0.05) is 11.6 Å². The summed E-state index contributed by atoms with van der Waals surface area (Å²) in [6.45, 7) is 2.09. The molecule has 1 aliphatic rings. The molecule has 7 nitrogen and oxygen atoms in total. The largest absolute Gasteiger partial charge is 0.448 e. The van der Waals surface area contributed by atoms with Crippen molar-refractivity contribution in [2.75, 3.05) is 13.1 Å². The molecule has 0 bridgehead atoms. The molecule has 8 heteroatoms. The zero-order valence-electron chi connectivity index (χ0n) is 10.1.